The van der Waals surface area contributed by atoms with Crippen LogP contribution in [-0.2, 0) is 13.2 Å². The summed E-state index contributed by atoms with van der Waals surface area (Å²) in [5, 5.41) is 7.78. The fourth-order valence-electron chi connectivity index (χ4n) is 3.12. The fraction of sp³-hybridized carbons (Fsp3) is 0.120. The average Bonchev–Trinajstić information content (AvgIpc) is 3.23. The third-order valence-corrected chi connectivity index (χ3v) is 5.32. The van der Waals surface area contributed by atoms with Crippen LogP contribution < -0.4 is 10.1 Å². The van der Waals surface area contributed by atoms with Crippen LogP contribution in [0.25, 0.3) is 0 Å². The summed E-state index contributed by atoms with van der Waals surface area (Å²) >= 11 is 6.03. The van der Waals surface area contributed by atoms with Crippen LogP contribution in [0.15, 0.2) is 79.1 Å². The maximum Gasteiger partial charge on any atom is 0.255 e. The molecule has 3 aromatic carbocycles. The lowest BCUT2D eigenvalue weighted by Gasteiger charge is -2.09. The number of aryl methyl sites for hydroxylation is 1. The molecule has 0 fully saturated rings. The predicted molar refractivity (Wildman–Crippen MR) is 123 cm³/mol. The van der Waals surface area contributed by atoms with Crippen LogP contribution in [0.4, 0.5) is 10.1 Å². The maximum absolute atomic E-state index is 13.0. The molecule has 5 nitrogen and oxygen atoms in total. The van der Waals surface area contributed by atoms with E-state index in [2.05, 4.69) is 10.4 Å². The molecule has 32 heavy (non-hydrogen) atoms. The highest BCUT2D eigenvalue weighted by atomic mass is 35.5. The van der Waals surface area contributed by atoms with Gasteiger partial charge >= 0.3 is 0 Å². The van der Waals surface area contributed by atoms with Crippen LogP contribution in [0.3, 0.4) is 0 Å². The molecule has 1 N–H and O–H groups in total. The van der Waals surface area contributed by atoms with Gasteiger partial charge in [-0.05, 0) is 66.1 Å². The van der Waals surface area contributed by atoms with E-state index in [1.165, 1.54) is 12.1 Å². The van der Waals surface area contributed by atoms with Crippen molar-refractivity contribution < 1.29 is 13.9 Å². The van der Waals surface area contributed by atoms with E-state index in [0.29, 0.717) is 29.4 Å². The number of ether oxygens (including phenoxy) is 1. The molecule has 4 aromatic rings. The van der Waals surface area contributed by atoms with E-state index >= 15 is 0 Å². The molecule has 1 aromatic heterocycles. The molecule has 1 amide bonds. The highest BCUT2D eigenvalue weighted by Crippen LogP contribution is 2.22. The highest BCUT2D eigenvalue weighted by molar-refractivity contribution is 6.31. The molecule has 0 atom stereocenters. The lowest BCUT2D eigenvalue weighted by molar-refractivity contribution is 0.102. The second-order valence-corrected chi connectivity index (χ2v) is 7.81. The van der Waals surface area contributed by atoms with Crippen LogP contribution in [0.1, 0.15) is 27.0 Å². The highest BCUT2D eigenvalue weighted by Gasteiger charge is 2.09. The second kappa shape index (κ2) is 9.66. The third-order valence-electron chi connectivity index (χ3n) is 4.90. The minimum atomic E-state index is -0.278. The molecule has 0 bridgehead atoms. The van der Waals surface area contributed by atoms with Gasteiger partial charge in [-0.1, -0.05) is 35.9 Å². The van der Waals surface area contributed by atoms with Gasteiger partial charge < -0.3 is 10.1 Å². The summed E-state index contributed by atoms with van der Waals surface area (Å²) in [7, 11) is 0. The second-order valence-electron chi connectivity index (χ2n) is 7.40. The van der Waals surface area contributed by atoms with Crippen LogP contribution in [-0.4, -0.2) is 15.7 Å². The first-order chi connectivity index (χ1) is 15.5. The lowest BCUT2D eigenvalue weighted by atomic mass is 10.1. The lowest BCUT2D eigenvalue weighted by Crippen LogP contribution is -2.11. The van der Waals surface area contributed by atoms with Crippen LogP contribution in [0.2, 0.25) is 5.02 Å². The number of nitrogens with zero attached hydrogens (tertiary/aromatic N) is 2. The normalized spacial score (nSPS) is 10.7. The number of rotatable bonds is 7. The largest absolute Gasteiger partial charge is 0.489 e. The van der Waals surface area contributed by atoms with Gasteiger partial charge in [0.15, 0.2) is 0 Å². The topological polar surface area (TPSA) is 56.1 Å². The molecule has 0 saturated carbocycles. The number of hydrogen-bond acceptors (Lipinski definition) is 3. The Hall–Kier alpha value is -3.64. The number of aromatic nitrogens is 2. The summed E-state index contributed by atoms with van der Waals surface area (Å²) in [6.07, 6.45) is 3.31. The minimum absolute atomic E-state index is 0.230. The molecule has 0 radical (unpaired) electrons. The molecule has 0 aliphatic carbocycles. The van der Waals surface area contributed by atoms with E-state index in [1.54, 1.807) is 41.3 Å². The molecule has 1 heterocycles. The first-order valence-corrected chi connectivity index (χ1v) is 10.4. The van der Waals surface area contributed by atoms with Crippen molar-refractivity contribution in [1.82, 2.24) is 9.78 Å². The van der Waals surface area contributed by atoms with Gasteiger partial charge in [0.25, 0.3) is 5.91 Å². The van der Waals surface area contributed by atoms with Gasteiger partial charge in [-0.3, -0.25) is 9.48 Å². The fourth-order valence-corrected chi connectivity index (χ4v) is 3.24. The Labute approximate surface area is 190 Å². The summed E-state index contributed by atoms with van der Waals surface area (Å²) in [5.41, 5.74) is 3.93. The van der Waals surface area contributed by atoms with Crippen LogP contribution in [0, 0.1) is 12.7 Å². The first-order valence-electron chi connectivity index (χ1n) is 10.0. The van der Waals surface area contributed by atoms with Crippen molar-refractivity contribution >= 4 is 23.2 Å². The van der Waals surface area contributed by atoms with Crippen LogP contribution in [0.5, 0.6) is 5.75 Å². The van der Waals surface area contributed by atoms with Crippen LogP contribution >= 0.6 is 11.6 Å². The zero-order valence-electron chi connectivity index (χ0n) is 17.4. The Bertz CT molecular complexity index is 1220. The Morgan fingerprint density at radius 1 is 1.06 bits per heavy atom. The summed E-state index contributed by atoms with van der Waals surface area (Å²) in [6.45, 7) is 2.80. The van der Waals surface area contributed by atoms with Crippen molar-refractivity contribution in [2.24, 2.45) is 0 Å². The van der Waals surface area contributed by atoms with Crippen molar-refractivity contribution in [3.8, 4) is 5.75 Å². The van der Waals surface area contributed by atoms with Gasteiger partial charge in [-0.2, -0.15) is 5.10 Å². The molecule has 0 aliphatic heterocycles. The van der Waals surface area contributed by atoms with Gasteiger partial charge in [0, 0.05) is 16.8 Å². The summed E-state index contributed by atoms with van der Waals surface area (Å²) in [6, 6.07) is 19.0. The Morgan fingerprint density at radius 2 is 1.78 bits per heavy atom. The molecule has 0 spiro atoms. The van der Waals surface area contributed by atoms with E-state index in [9.17, 15) is 9.18 Å². The number of halogens is 2. The molecule has 0 saturated heterocycles. The van der Waals surface area contributed by atoms with Crippen molar-refractivity contribution in [2.75, 3.05) is 5.32 Å². The molecule has 0 unspecified atom stereocenters. The molecule has 0 aliphatic rings. The Balaban J connectivity index is 1.32. The van der Waals surface area contributed by atoms with Crippen molar-refractivity contribution in [2.45, 2.75) is 20.1 Å². The monoisotopic (exact) mass is 449 g/mol. The van der Waals surface area contributed by atoms with Gasteiger partial charge in [0.1, 0.15) is 18.2 Å². The SMILES string of the molecule is Cc1cc(OCc2ccc(C(=O)Nc3cnn(Cc4ccc(F)cc4)c3)cc2)ccc1Cl. The van der Waals surface area contributed by atoms with E-state index < -0.39 is 0 Å². The predicted octanol–water partition coefficient (Wildman–Crippen LogP) is 5.86. The van der Waals surface area contributed by atoms with E-state index in [0.717, 1.165) is 22.4 Å². The zero-order valence-corrected chi connectivity index (χ0v) is 18.1. The number of amides is 1. The average molecular weight is 450 g/mol. The Kier molecular flexibility index (Phi) is 6.52. The molecule has 7 heteroatoms. The van der Waals surface area contributed by atoms with E-state index in [1.807, 2.05) is 37.3 Å². The number of anilines is 1. The van der Waals surface area contributed by atoms with Crippen molar-refractivity contribution in [3.63, 3.8) is 0 Å². The number of nitrogens with one attached hydrogen (secondary N) is 1. The Morgan fingerprint density at radius 3 is 2.50 bits per heavy atom. The summed E-state index contributed by atoms with van der Waals surface area (Å²) in [5.74, 6) is 0.235. The first kappa shape index (κ1) is 21.6. The minimum Gasteiger partial charge on any atom is -0.489 e. The number of hydrogen-bond donors (Lipinski definition) is 1. The summed E-state index contributed by atoms with van der Waals surface area (Å²) in [4.78, 5) is 12.5. The smallest absolute Gasteiger partial charge is 0.255 e. The zero-order chi connectivity index (χ0) is 22.5. The quantitative estimate of drug-likeness (QED) is 0.384. The van der Waals surface area contributed by atoms with Crippen molar-refractivity contribution in [1.29, 1.82) is 0 Å². The van der Waals surface area contributed by atoms with Gasteiger partial charge in [-0.25, -0.2) is 4.39 Å². The maximum atomic E-state index is 13.0. The summed E-state index contributed by atoms with van der Waals surface area (Å²) < 4.78 is 20.5. The number of benzene rings is 3. The standard InChI is InChI=1S/C25H21ClFN3O2/c1-17-12-23(10-11-24(17)26)32-16-19-2-6-20(7-3-19)25(31)29-22-13-28-30(15-22)14-18-4-8-21(27)9-5-18/h2-13,15H,14,16H2,1H3,(H,29,31). The molecule has 162 valence electrons. The van der Waals surface area contributed by atoms with Crippen molar-refractivity contribution in [3.05, 3.63) is 112 Å². The molecular weight excluding hydrogens is 429 g/mol. The third kappa shape index (κ3) is 5.53. The van der Waals surface area contributed by atoms with Gasteiger partial charge in [0.05, 0.1) is 18.4 Å². The van der Waals surface area contributed by atoms with Gasteiger partial charge in [-0.15, -0.1) is 0 Å². The van der Waals surface area contributed by atoms with E-state index in [-0.39, 0.29) is 11.7 Å². The van der Waals surface area contributed by atoms with E-state index in [4.69, 9.17) is 16.3 Å². The molecular formula is C25H21ClFN3O2. The number of carbonyl (C=O) groups is 1. The van der Waals surface area contributed by atoms with Gasteiger partial charge in [0.2, 0.25) is 0 Å². The molecule has 4 rings (SSSR count). The number of carbonyl (C=O) groups excluding carboxylic acids is 1.